The summed E-state index contributed by atoms with van der Waals surface area (Å²) in [5.74, 6) is -0.900. The van der Waals surface area contributed by atoms with Crippen LogP contribution in [0.5, 0.6) is 0 Å². The van der Waals surface area contributed by atoms with Crippen LogP contribution in [-0.2, 0) is 11.8 Å². The van der Waals surface area contributed by atoms with E-state index < -0.39 is 30.7 Å². The van der Waals surface area contributed by atoms with Crippen LogP contribution in [0.4, 0.5) is 29.2 Å². The number of hydrogen-bond acceptors (Lipinski definition) is 5. The molecule has 0 unspecified atom stereocenters. The Bertz CT molecular complexity index is 986. The number of amides is 1. The summed E-state index contributed by atoms with van der Waals surface area (Å²) in [7, 11) is 1.76. The second-order valence-corrected chi connectivity index (χ2v) is 7.53. The molecule has 11 heteroatoms. The van der Waals surface area contributed by atoms with Gasteiger partial charge < -0.3 is 10.2 Å². The molecule has 0 spiro atoms. The van der Waals surface area contributed by atoms with Crippen molar-refractivity contribution in [3.05, 3.63) is 36.2 Å². The van der Waals surface area contributed by atoms with Crippen LogP contribution in [-0.4, -0.2) is 48.8 Å². The third-order valence-electron chi connectivity index (χ3n) is 5.32. The topological polar surface area (TPSA) is 75.9 Å². The van der Waals surface area contributed by atoms with E-state index in [1.54, 1.807) is 30.2 Å². The molecule has 1 N–H and O–H groups in total. The van der Waals surface area contributed by atoms with Crippen LogP contribution in [0, 0.1) is 5.82 Å². The van der Waals surface area contributed by atoms with E-state index in [0.29, 0.717) is 30.5 Å². The van der Waals surface area contributed by atoms with Gasteiger partial charge in [0, 0.05) is 25.7 Å². The fourth-order valence-corrected chi connectivity index (χ4v) is 4.04. The van der Waals surface area contributed by atoms with Crippen molar-refractivity contribution in [3.8, 4) is 0 Å². The van der Waals surface area contributed by atoms with Crippen molar-refractivity contribution < 1.29 is 22.4 Å². The Balaban J connectivity index is 1.53. The molecule has 2 aromatic rings. The average Bonchev–Trinajstić information content (AvgIpc) is 3.20. The van der Waals surface area contributed by atoms with Crippen LogP contribution in [0.2, 0.25) is 0 Å². The molecule has 1 saturated heterocycles. The number of carbonyl (C=O) groups excluding carboxylic acids is 1. The summed E-state index contributed by atoms with van der Waals surface area (Å²) in [4.78, 5) is 22.1. The van der Waals surface area contributed by atoms with Crippen LogP contribution in [0.3, 0.4) is 0 Å². The SMILES string of the molecule is Cn1cc(Nc2ncc(F)c(C3=C[C@@H]4CC[C@H](C3)N4C(=O)CCC(F)(F)F)n2)cn1. The second kappa shape index (κ2) is 7.69. The van der Waals surface area contributed by atoms with E-state index in [1.807, 2.05) is 0 Å². The molecule has 2 bridgehead atoms. The van der Waals surface area contributed by atoms with Gasteiger partial charge in [-0.05, 0) is 24.8 Å². The van der Waals surface area contributed by atoms with Gasteiger partial charge in [-0.2, -0.15) is 18.3 Å². The summed E-state index contributed by atoms with van der Waals surface area (Å²) in [5, 5.41) is 6.99. The van der Waals surface area contributed by atoms with Gasteiger partial charge in [-0.3, -0.25) is 9.48 Å². The van der Waals surface area contributed by atoms with Crippen molar-refractivity contribution in [1.82, 2.24) is 24.6 Å². The van der Waals surface area contributed by atoms with Crippen molar-refractivity contribution in [2.45, 2.75) is 50.4 Å². The number of alkyl halides is 3. The molecule has 1 amide bonds. The van der Waals surface area contributed by atoms with E-state index in [9.17, 15) is 22.4 Å². The molecular formula is C19H20F4N6O. The van der Waals surface area contributed by atoms with Gasteiger partial charge in [0.15, 0.2) is 5.82 Å². The van der Waals surface area contributed by atoms with Gasteiger partial charge in [0.1, 0.15) is 5.69 Å². The van der Waals surface area contributed by atoms with Gasteiger partial charge in [0.05, 0.1) is 30.5 Å². The summed E-state index contributed by atoms with van der Waals surface area (Å²) < 4.78 is 53.5. The van der Waals surface area contributed by atoms with Gasteiger partial charge in [-0.1, -0.05) is 6.08 Å². The number of hydrogen-bond donors (Lipinski definition) is 1. The molecule has 2 atom stereocenters. The number of nitrogens with zero attached hydrogens (tertiary/aromatic N) is 5. The van der Waals surface area contributed by atoms with Crippen LogP contribution in [0.25, 0.3) is 5.57 Å². The highest BCUT2D eigenvalue weighted by molar-refractivity contribution is 5.80. The normalized spacial score (nSPS) is 21.0. The second-order valence-electron chi connectivity index (χ2n) is 7.53. The predicted molar refractivity (Wildman–Crippen MR) is 100 cm³/mol. The smallest absolute Gasteiger partial charge is 0.333 e. The molecule has 2 aromatic heterocycles. The first-order chi connectivity index (χ1) is 14.2. The summed E-state index contributed by atoms with van der Waals surface area (Å²) in [6.45, 7) is 0. The fourth-order valence-electron chi connectivity index (χ4n) is 4.04. The Morgan fingerprint density at radius 1 is 1.30 bits per heavy atom. The number of aryl methyl sites for hydroxylation is 1. The highest BCUT2D eigenvalue weighted by Crippen LogP contribution is 2.39. The number of aromatic nitrogens is 4. The summed E-state index contributed by atoms with van der Waals surface area (Å²) in [6.07, 6.45) is 1.69. The monoisotopic (exact) mass is 424 g/mol. The molecule has 4 heterocycles. The molecule has 2 aliphatic rings. The molecule has 0 aliphatic carbocycles. The minimum absolute atomic E-state index is 0.135. The number of rotatable bonds is 5. The number of nitrogens with one attached hydrogen (secondary N) is 1. The van der Waals surface area contributed by atoms with Crippen molar-refractivity contribution in [3.63, 3.8) is 0 Å². The van der Waals surface area contributed by atoms with Gasteiger partial charge in [0.25, 0.3) is 0 Å². The first-order valence-electron chi connectivity index (χ1n) is 9.57. The molecule has 7 nitrogen and oxygen atoms in total. The van der Waals surface area contributed by atoms with Gasteiger partial charge in [-0.15, -0.1) is 0 Å². The third kappa shape index (κ3) is 4.29. The average molecular weight is 424 g/mol. The lowest BCUT2D eigenvalue weighted by Gasteiger charge is -2.34. The summed E-state index contributed by atoms with van der Waals surface area (Å²) in [5.41, 5.74) is 1.42. The zero-order chi connectivity index (χ0) is 21.5. The van der Waals surface area contributed by atoms with Crippen LogP contribution in [0.15, 0.2) is 24.7 Å². The first kappa shape index (κ1) is 20.3. The van der Waals surface area contributed by atoms with E-state index in [4.69, 9.17) is 0 Å². The fraction of sp³-hybridized carbons (Fsp3) is 0.474. The maximum Gasteiger partial charge on any atom is 0.389 e. The quantitative estimate of drug-likeness (QED) is 0.743. The zero-order valence-corrected chi connectivity index (χ0v) is 16.2. The molecule has 4 rings (SSSR count). The number of halogens is 4. The van der Waals surface area contributed by atoms with Crippen molar-refractivity contribution >= 4 is 23.1 Å². The van der Waals surface area contributed by atoms with E-state index in [0.717, 1.165) is 6.20 Å². The Morgan fingerprint density at radius 2 is 2.10 bits per heavy atom. The lowest BCUT2D eigenvalue weighted by molar-refractivity contribution is -0.150. The van der Waals surface area contributed by atoms with Gasteiger partial charge >= 0.3 is 6.18 Å². The predicted octanol–water partition coefficient (Wildman–Crippen LogP) is 3.58. The molecule has 1 fully saturated rings. The minimum Gasteiger partial charge on any atom is -0.333 e. The zero-order valence-electron chi connectivity index (χ0n) is 16.2. The summed E-state index contributed by atoms with van der Waals surface area (Å²) in [6, 6.07) is -0.594. The van der Waals surface area contributed by atoms with Crippen LogP contribution < -0.4 is 5.32 Å². The Morgan fingerprint density at radius 3 is 2.77 bits per heavy atom. The van der Waals surface area contributed by atoms with E-state index in [1.165, 1.54) is 4.90 Å². The van der Waals surface area contributed by atoms with E-state index >= 15 is 0 Å². The highest BCUT2D eigenvalue weighted by Gasteiger charge is 2.41. The molecular weight excluding hydrogens is 404 g/mol. The lowest BCUT2D eigenvalue weighted by Crippen LogP contribution is -2.43. The molecule has 30 heavy (non-hydrogen) atoms. The maximum atomic E-state index is 14.5. The molecule has 0 aromatic carbocycles. The van der Waals surface area contributed by atoms with Crippen LogP contribution in [0.1, 0.15) is 37.8 Å². The number of carbonyl (C=O) groups is 1. The number of fused-ring (bicyclic) bond motifs is 2. The maximum absolute atomic E-state index is 14.5. The molecule has 0 radical (unpaired) electrons. The molecule has 160 valence electrons. The Hall–Kier alpha value is -2.98. The van der Waals surface area contributed by atoms with Crippen molar-refractivity contribution in [2.75, 3.05) is 5.32 Å². The van der Waals surface area contributed by atoms with Crippen LogP contribution >= 0.6 is 0 Å². The van der Waals surface area contributed by atoms with E-state index in [-0.39, 0.29) is 23.7 Å². The first-order valence-corrected chi connectivity index (χ1v) is 9.57. The number of anilines is 2. The Labute approximate surface area is 169 Å². The standard InChI is InChI=1S/C19H20F4N6O/c1-28-10-12(8-25-28)26-18-24-9-15(20)17(27-18)11-6-13-2-3-14(7-11)29(13)16(30)4-5-19(21,22)23/h6,8-10,13-14H,2-5,7H2,1H3,(H,24,26,27)/t13-,14+/m0/s1. The third-order valence-corrected chi connectivity index (χ3v) is 5.32. The highest BCUT2D eigenvalue weighted by atomic mass is 19.4. The van der Waals surface area contributed by atoms with Crippen molar-refractivity contribution in [1.29, 1.82) is 0 Å². The molecule has 2 aliphatic heterocycles. The largest absolute Gasteiger partial charge is 0.389 e. The van der Waals surface area contributed by atoms with Gasteiger partial charge in [0.2, 0.25) is 11.9 Å². The van der Waals surface area contributed by atoms with Crippen molar-refractivity contribution in [2.24, 2.45) is 7.05 Å². The minimum atomic E-state index is -4.37. The summed E-state index contributed by atoms with van der Waals surface area (Å²) >= 11 is 0. The Kier molecular flexibility index (Phi) is 5.20. The lowest BCUT2D eigenvalue weighted by atomic mass is 9.97. The molecule has 0 saturated carbocycles. The van der Waals surface area contributed by atoms with Gasteiger partial charge in [-0.25, -0.2) is 14.4 Å². The van der Waals surface area contributed by atoms with E-state index in [2.05, 4.69) is 20.4 Å².